The van der Waals surface area contributed by atoms with Crippen LogP contribution in [0.2, 0.25) is 0 Å². The zero-order valence-corrected chi connectivity index (χ0v) is 12.9. The van der Waals surface area contributed by atoms with Gasteiger partial charge in [0.1, 0.15) is 0 Å². The van der Waals surface area contributed by atoms with Gasteiger partial charge in [0.05, 0.1) is 0 Å². The largest absolute Gasteiger partial charge is 0.308 e. The molecular weight excluding hydrogens is 272 g/mol. The predicted molar refractivity (Wildman–Crippen MR) is 87.1 cm³/mol. The molecule has 1 N–H and O–H groups in total. The molecule has 2 aliphatic rings. The van der Waals surface area contributed by atoms with Crippen molar-refractivity contribution in [1.82, 2.24) is 10.2 Å². The van der Waals surface area contributed by atoms with Crippen molar-refractivity contribution in [3.8, 4) is 0 Å². The van der Waals surface area contributed by atoms with Gasteiger partial charge in [-0.3, -0.25) is 0 Å². The molecule has 2 aliphatic heterocycles. The van der Waals surface area contributed by atoms with Gasteiger partial charge in [-0.05, 0) is 11.1 Å². The molecule has 0 aliphatic carbocycles. The summed E-state index contributed by atoms with van der Waals surface area (Å²) in [6, 6.07) is 9.45. The van der Waals surface area contributed by atoms with Gasteiger partial charge in [-0.15, -0.1) is 0 Å². The Morgan fingerprint density at radius 1 is 1.16 bits per heavy atom. The highest BCUT2D eigenvalue weighted by molar-refractivity contribution is 7.99. The number of nitrogens with zero attached hydrogens (tertiary/aromatic N) is 1. The van der Waals surface area contributed by atoms with Crippen LogP contribution in [0.3, 0.4) is 0 Å². The number of hydrogen-bond donors (Lipinski definition) is 1. The van der Waals surface area contributed by atoms with E-state index in [1.54, 1.807) is 0 Å². The van der Waals surface area contributed by atoms with E-state index in [2.05, 4.69) is 58.0 Å². The average molecular weight is 294 g/mol. The molecule has 0 amide bonds. The molecule has 4 heteroatoms. The van der Waals surface area contributed by atoms with Crippen molar-refractivity contribution in [2.75, 3.05) is 43.4 Å². The van der Waals surface area contributed by atoms with Crippen LogP contribution in [0.1, 0.15) is 17.2 Å². The average Bonchev–Trinajstić information content (AvgIpc) is 2.49. The summed E-state index contributed by atoms with van der Waals surface area (Å²) in [5.74, 6) is 5.01. The standard InChI is InChI=1S/C15H22N2S2/c1-2-4-14-13(3-1)11-19-12-15(14)16-5-6-17-7-9-18-10-8-17/h1-4,15-16H,5-12H2. The second-order valence-corrected chi connectivity index (χ2v) is 7.43. The number of hydrogen-bond acceptors (Lipinski definition) is 4. The lowest BCUT2D eigenvalue weighted by atomic mass is 10.0. The first-order valence-corrected chi connectivity index (χ1v) is 9.43. The summed E-state index contributed by atoms with van der Waals surface area (Å²) in [6.45, 7) is 4.85. The Labute approximate surface area is 124 Å². The third kappa shape index (κ3) is 3.69. The van der Waals surface area contributed by atoms with Gasteiger partial charge in [-0.2, -0.15) is 23.5 Å². The first kappa shape index (κ1) is 13.8. The maximum Gasteiger partial charge on any atom is 0.0415 e. The fourth-order valence-electron chi connectivity index (χ4n) is 2.77. The van der Waals surface area contributed by atoms with Crippen LogP contribution in [0.4, 0.5) is 0 Å². The molecular formula is C15H22N2S2. The molecule has 1 aromatic carbocycles. The second kappa shape index (κ2) is 7.02. The summed E-state index contributed by atoms with van der Waals surface area (Å²) in [4.78, 5) is 2.59. The number of nitrogens with one attached hydrogen (secondary N) is 1. The summed E-state index contributed by atoms with van der Waals surface area (Å²) >= 11 is 4.14. The Kier molecular flexibility index (Phi) is 5.10. The summed E-state index contributed by atoms with van der Waals surface area (Å²) in [6.07, 6.45) is 0. The van der Waals surface area contributed by atoms with Gasteiger partial charge in [0, 0.05) is 55.2 Å². The number of thioether (sulfide) groups is 2. The van der Waals surface area contributed by atoms with Crippen LogP contribution in [-0.2, 0) is 5.75 Å². The van der Waals surface area contributed by atoms with E-state index in [4.69, 9.17) is 0 Å². The van der Waals surface area contributed by atoms with Crippen molar-refractivity contribution >= 4 is 23.5 Å². The van der Waals surface area contributed by atoms with Gasteiger partial charge in [-0.25, -0.2) is 0 Å². The lowest BCUT2D eigenvalue weighted by molar-refractivity contribution is 0.297. The molecule has 0 aromatic heterocycles. The van der Waals surface area contributed by atoms with Crippen molar-refractivity contribution in [3.63, 3.8) is 0 Å². The SMILES string of the molecule is c1ccc2c(c1)CSCC2NCCN1CCSCC1. The molecule has 1 atom stereocenters. The molecule has 1 unspecified atom stereocenters. The Hall–Kier alpha value is -0.160. The van der Waals surface area contributed by atoms with E-state index in [1.165, 1.54) is 53.8 Å². The van der Waals surface area contributed by atoms with Crippen molar-refractivity contribution in [2.24, 2.45) is 0 Å². The minimum absolute atomic E-state index is 0.550. The topological polar surface area (TPSA) is 15.3 Å². The zero-order valence-electron chi connectivity index (χ0n) is 11.3. The summed E-state index contributed by atoms with van der Waals surface area (Å²) in [7, 11) is 0. The molecule has 2 heterocycles. The molecule has 0 saturated carbocycles. The lowest BCUT2D eigenvalue weighted by Gasteiger charge is -2.29. The van der Waals surface area contributed by atoms with E-state index >= 15 is 0 Å². The highest BCUT2D eigenvalue weighted by atomic mass is 32.2. The highest BCUT2D eigenvalue weighted by Gasteiger charge is 2.19. The van der Waals surface area contributed by atoms with E-state index in [-0.39, 0.29) is 0 Å². The zero-order chi connectivity index (χ0) is 12.9. The van der Waals surface area contributed by atoms with Gasteiger partial charge in [0.25, 0.3) is 0 Å². The Morgan fingerprint density at radius 2 is 2.00 bits per heavy atom. The maximum atomic E-state index is 3.76. The van der Waals surface area contributed by atoms with Crippen LogP contribution in [0.25, 0.3) is 0 Å². The third-order valence-corrected chi connectivity index (χ3v) is 5.92. The molecule has 3 rings (SSSR count). The van der Waals surface area contributed by atoms with Crippen molar-refractivity contribution in [2.45, 2.75) is 11.8 Å². The molecule has 0 bridgehead atoms. The molecule has 1 fully saturated rings. The van der Waals surface area contributed by atoms with E-state index < -0.39 is 0 Å². The fraction of sp³-hybridized carbons (Fsp3) is 0.600. The Morgan fingerprint density at radius 3 is 2.89 bits per heavy atom. The van der Waals surface area contributed by atoms with Gasteiger partial charge in [0.2, 0.25) is 0 Å². The van der Waals surface area contributed by atoms with Crippen LogP contribution in [0.15, 0.2) is 24.3 Å². The molecule has 1 aromatic rings. The first-order valence-electron chi connectivity index (χ1n) is 7.12. The summed E-state index contributed by atoms with van der Waals surface area (Å²) < 4.78 is 0. The Bertz CT molecular complexity index is 405. The number of rotatable bonds is 4. The smallest absolute Gasteiger partial charge is 0.0415 e. The predicted octanol–water partition coefficient (Wildman–Crippen LogP) is 2.61. The van der Waals surface area contributed by atoms with Crippen LogP contribution >= 0.6 is 23.5 Å². The molecule has 1 saturated heterocycles. The van der Waals surface area contributed by atoms with Crippen molar-refractivity contribution in [1.29, 1.82) is 0 Å². The van der Waals surface area contributed by atoms with Gasteiger partial charge in [0.15, 0.2) is 0 Å². The molecule has 0 radical (unpaired) electrons. The van der Waals surface area contributed by atoms with Crippen LogP contribution in [-0.4, -0.2) is 48.3 Å². The summed E-state index contributed by atoms with van der Waals surface area (Å²) in [5, 5.41) is 3.76. The van der Waals surface area contributed by atoms with E-state index in [9.17, 15) is 0 Å². The normalized spacial score (nSPS) is 24.1. The van der Waals surface area contributed by atoms with Crippen LogP contribution < -0.4 is 5.32 Å². The lowest BCUT2D eigenvalue weighted by Crippen LogP contribution is -2.39. The van der Waals surface area contributed by atoms with E-state index in [1.807, 2.05) is 0 Å². The number of benzene rings is 1. The Balaban J connectivity index is 1.50. The van der Waals surface area contributed by atoms with Crippen LogP contribution in [0, 0.1) is 0 Å². The highest BCUT2D eigenvalue weighted by Crippen LogP contribution is 2.31. The van der Waals surface area contributed by atoms with E-state index in [0.717, 1.165) is 6.54 Å². The van der Waals surface area contributed by atoms with Gasteiger partial charge in [-0.1, -0.05) is 24.3 Å². The molecule has 2 nitrogen and oxygen atoms in total. The molecule has 104 valence electrons. The minimum atomic E-state index is 0.550. The maximum absolute atomic E-state index is 3.76. The third-order valence-electron chi connectivity index (χ3n) is 3.90. The molecule has 19 heavy (non-hydrogen) atoms. The van der Waals surface area contributed by atoms with Crippen LogP contribution in [0.5, 0.6) is 0 Å². The minimum Gasteiger partial charge on any atom is -0.308 e. The molecule has 0 spiro atoms. The van der Waals surface area contributed by atoms with Crippen molar-refractivity contribution < 1.29 is 0 Å². The fourth-order valence-corrected chi connectivity index (χ4v) is 4.89. The first-order chi connectivity index (χ1) is 9.43. The van der Waals surface area contributed by atoms with E-state index in [0.29, 0.717) is 6.04 Å². The quantitative estimate of drug-likeness (QED) is 0.918. The van der Waals surface area contributed by atoms with Crippen molar-refractivity contribution in [3.05, 3.63) is 35.4 Å². The van der Waals surface area contributed by atoms with Gasteiger partial charge < -0.3 is 10.2 Å². The van der Waals surface area contributed by atoms with Gasteiger partial charge >= 0.3 is 0 Å². The second-order valence-electron chi connectivity index (χ2n) is 5.17. The monoisotopic (exact) mass is 294 g/mol. The summed E-state index contributed by atoms with van der Waals surface area (Å²) in [5.41, 5.74) is 3.04. The number of fused-ring (bicyclic) bond motifs is 1.